The van der Waals surface area contributed by atoms with E-state index in [4.69, 9.17) is 0 Å². The molecule has 3 heteroatoms. The van der Waals surface area contributed by atoms with Gasteiger partial charge in [-0.3, -0.25) is 4.79 Å². The fourth-order valence-electron chi connectivity index (χ4n) is 2.39. The van der Waals surface area contributed by atoms with Gasteiger partial charge in [-0.25, -0.2) is 0 Å². The number of anilines is 1. The van der Waals surface area contributed by atoms with E-state index in [2.05, 4.69) is 29.3 Å². The van der Waals surface area contributed by atoms with Gasteiger partial charge in [-0.2, -0.15) is 0 Å². The number of benzene rings is 2. The van der Waals surface area contributed by atoms with Gasteiger partial charge in [0.15, 0.2) is 0 Å². The van der Waals surface area contributed by atoms with Crippen LogP contribution in [0.15, 0.2) is 48.5 Å². The van der Waals surface area contributed by atoms with Crippen molar-refractivity contribution in [3.63, 3.8) is 0 Å². The van der Waals surface area contributed by atoms with Crippen LogP contribution in [0.25, 0.3) is 0 Å². The molecule has 2 aromatic carbocycles. The molecule has 0 heterocycles. The Kier molecular flexibility index (Phi) is 5.21. The lowest BCUT2D eigenvalue weighted by atomic mass is 10.0. The van der Waals surface area contributed by atoms with Crippen molar-refractivity contribution in [2.24, 2.45) is 0 Å². The molecule has 0 saturated heterocycles. The van der Waals surface area contributed by atoms with Gasteiger partial charge >= 0.3 is 0 Å². The number of carbonyl (C=O) groups excluding carboxylic acids is 1. The first-order valence-corrected chi connectivity index (χ1v) is 7.63. The summed E-state index contributed by atoms with van der Waals surface area (Å²) in [7, 11) is 2.05. The van der Waals surface area contributed by atoms with Crippen LogP contribution in [0.3, 0.4) is 0 Å². The number of nitrogens with zero attached hydrogens (tertiary/aromatic N) is 1. The number of para-hydroxylation sites is 1. The first kappa shape index (κ1) is 16.1. The summed E-state index contributed by atoms with van der Waals surface area (Å²) in [5.74, 6) is -0.00508. The molecule has 116 valence electrons. The lowest BCUT2D eigenvalue weighted by Gasteiger charge is -2.27. The van der Waals surface area contributed by atoms with Gasteiger partial charge in [0.2, 0.25) is 0 Å². The van der Waals surface area contributed by atoms with Crippen molar-refractivity contribution in [2.75, 3.05) is 18.5 Å². The van der Waals surface area contributed by atoms with E-state index in [9.17, 15) is 4.79 Å². The van der Waals surface area contributed by atoms with Gasteiger partial charge < -0.3 is 10.2 Å². The maximum atomic E-state index is 12.4. The summed E-state index contributed by atoms with van der Waals surface area (Å²) in [6, 6.07) is 16.2. The Morgan fingerprint density at radius 2 is 1.77 bits per heavy atom. The molecule has 3 nitrogen and oxygen atoms in total. The molecule has 2 rings (SSSR count). The highest BCUT2D eigenvalue weighted by atomic mass is 16.1. The van der Waals surface area contributed by atoms with Crippen LogP contribution >= 0.6 is 0 Å². The molecule has 0 aromatic heterocycles. The Morgan fingerprint density at radius 1 is 1.09 bits per heavy atom. The minimum absolute atomic E-state index is 0.00508. The quantitative estimate of drug-likeness (QED) is 0.915. The van der Waals surface area contributed by atoms with Gasteiger partial charge in [-0.1, -0.05) is 30.3 Å². The van der Waals surface area contributed by atoms with Gasteiger partial charge in [-0.05, 0) is 50.1 Å². The summed E-state index contributed by atoms with van der Waals surface area (Å²) in [6.07, 6.45) is 0. The van der Waals surface area contributed by atoms with Crippen molar-refractivity contribution in [3.8, 4) is 0 Å². The fourth-order valence-corrected chi connectivity index (χ4v) is 2.39. The van der Waals surface area contributed by atoms with Crippen molar-refractivity contribution >= 4 is 11.6 Å². The Morgan fingerprint density at radius 3 is 2.45 bits per heavy atom. The standard InChI is InChI=1S/C19H24N2O/c1-14-9-8-12-18(16(14)3)19(22)20-13-15(2)21(4)17-10-6-5-7-11-17/h5-12,15H,13H2,1-4H3,(H,20,22)/t15-/m0/s1. The molecule has 1 N–H and O–H groups in total. The largest absolute Gasteiger partial charge is 0.370 e. The Hall–Kier alpha value is -2.29. The third-order valence-electron chi connectivity index (χ3n) is 4.23. The molecular weight excluding hydrogens is 272 g/mol. The maximum absolute atomic E-state index is 12.4. The molecule has 0 radical (unpaired) electrons. The van der Waals surface area contributed by atoms with Crippen LogP contribution in [0.2, 0.25) is 0 Å². The highest BCUT2D eigenvalue weighted by molar-refractivity contribution is 5.95. The van der Waals surface area contributed by atoms with E-state index in [1.54, 1.807) is 0 Å². The second-order valence-electron chi connectivity index (χ2n) is 5.75. The summed E-state index contributed by atoms with van der Waals surface area (Å²) < 4.78 is 0. The van der Waals surface area contributed by atoms with Gasteiger partial charge in [0.25, 0.3) is 5.91 Å². The van der Waals surface area contributed by atoms with Crippen LogP contribution in [0.4, 0.5) is 5.69 Å². The molecule has 0 bridgehead atoms. The summed E-state index contributed by atoms with van der Waals surface area (Å²) in [5.41, 5.74) is 4.09. The molecule has 2 aromatic rings. The summed E-state index contributed by atoms with van der Waals surface area (Å²) in [6.45, 7) is 6.73. The first-order chi connectivity index (χ1) is 10.5. The summed E-state index contributed by atoms with van der Waals surface area (Å²) in [4.78, 5) is 14.5. The van der Waals surface area contributed by atoms with Crippen LogP contribution in [0.1, 0.15) is 28.4 Å². The number of nitrogens with one attached hydrogen (secondary N) is 1. The zero-order valence-electron chi connectivity index (χ0n) is 13.8. The average molecular weight is 296 g/mol. The molecule has 0 aliphatic heterocycles. The number of amides is 1. The topological polar surface area (TPSA) is 32.3 Å². The monoisotopic (exact) mass is 296 g/mol. The van der Waals surface area contributed by atoms with Crippen LogP contribution < -0.4 is 10.2 Å². The number of hydrogen-bond donors (Lipinski definition) is 1. The smallest absolute Gasteiger partial charge is 0.251 e. The third kappa shape index (κ3) is 3.67. The van der Waals surface area contributed by atoms with Gasteiger partial charge in [0, 0.05) is 30.9 Å². The zero-order valence-corrected chi connectivity index (χ0v) is 13.8. The fraction of sp³-hybridized carbons (Fsp3) is 0.316. The van der Waals surface area contributed by atoms with Crippen LogP contribution in [0.5, 0.6) is 0 Å². The van der Waals surface area contributed by atoms with Crippen molar-refractivity contribution in [1.29, 1.82) is 0 Å². The first-order valence-electron chi connectivity index (χ1n) is 7.63. The number of aryl methyl sites for hydroxylation is 1. The predicted octanol–water partition coefficient (Wildman–Crippen LogP) is 3.56. The molecular formula is C19H24N2O. The molecule has 22 heavy (non-hydrogen) atoms. The van der Waals surface area contributed by atoms with E-state index >= 15 is 0 Å². The molecule has 0 fully saturated rings. The van der Waals surface area contributed by atoms with E-state index in [1.807, 2.05) is 57.3 Å². The maximum Gasteiger partial charge on any atom is 0.251 e. The second kappa shape index (κ2) is 7.12. The van der Waals surface area contributed by atoms with Crippen LogP contribution in [0, 0.1) is 13.8 Å². The average Bonchev–Trinajstić information content (AvgIpc) is 2.55. The second-order valence-corrected chi connectivity index (χ2v) is 5.75. The van der Waals surface area contributed by atoms with E-state index in [0.717, 1.165) is 22.4 Å². The van der Waals surface area contributed by atoms with Crippen LogP contribution in [-0.4, -0.2) is 25.5 Å². The normalized spacial score (nSPS) is 11.8. The Bertz CT molecular complexity index is 637. The number of likely N-dealkylation sites (N-methyl/N-ethyl adjacent to an activating group) is 1. The van der Waals surface area contributed by atoms with Crippen LogP contribution in [-0.2, 0) is 0 Å². The molecule has 0 saturated carbocycles. The van der Waals surface area contributed by atoms with Crippen molar-refractivity contribution < 1.29 is 4.79 Å². The summed E-state index contributed by atoms with van der Waals surface area (Å²) in [5, 5.41) is 3.04. The molecule has 1 atom stereocenters. The lowest BCUT2D eigenvalue weighted by Crippen LogP contribution is -2.40. The van der Waals surface area contributed by atoms with Crippen molar-refractivity contribution in [2.45, 2.75) is 26.8 Å². The molecule has 0 spiro atoms. The predicted molar refractivity (Wildman–Crippen MR) is 92.6 cm³/mol. The zero-order chi connectivity index (χ0) is 16.1. The molecule has 0 aliphatic carbocycles. The Labute approximate surface area is 133 Å². The van der Waals surface area contributed by atoms with E-state index in [0.29, 0.717) is 6.54 Å². The minimum Gasteiger partial charge on any atom is -0.370 e. The van der Waals surface area contributed by atoms with Gasteiger partial charge in [-0.15, -0.1) is 0 Å². The molecule has 0 unspecified atom stereocenters. The van der Waals surface area contributed by atoms with Crippen molar-refractivity contribution in [3.05, 3.63) is 65.2 Å². The van der Waals surface area contributed by atoms with Crippen molar-refractivity contribution in [1.82, 2.24) is 5.32 Å². The minimum atomic E-state index is -0.00508. The number of hydrogen-bond acceptors (Lipinski definition) is 2. The van der Waals surface area contributed by atoms with E-state index < -0.39 is 0 Å². The SMILES string of the molecule is Cc1cccc(C(=O)NC[C@H](C)N(C)c2ccccc2)c1C. The van der Waals surface area contributed by atoms with E-state index in [-0.39, 0.29) is 11.9 Å². The van der Waals surface area contributed by atoms with Gasteiger partial charge in [0.05, 0.1) is 0 Å². The molecule has 1 amide bonds. The highest BCUT2D eigenvalue weighted by Crippen LogP contribution is 2.15. The lowest BCUT2D eigenvalue weighted by molar-refractivity contribution is 0.0951. The highest BCUT2D eigenvalue weighted by Gasteiger charge is 2.14. The van der Waals surface area contributed by atoms with E-state index in [1.165, 1.54) is 0 Å². The van der Waals surface area contributed by atoms with Gasteiger partial charge in [0.1, 0.15) is 0 Å². The Balaban J connectivity index is 1.97. The summed E-state index contributed by atoms with van der Waals surface area (Å²) >= 11 is 0. The molecule has 0 aliphatic rings. The number of carbonyl (C=O) groups is 1. The third-order valence-corrected chi connectivity index (χ3v) is 4.23. The number of rotatable bonds is 5.